The van der Waals surface area contributed by atoms with Gasteiger partial charge in [0, 0.05) is 12.3 Å². The summed E-state index contributed by atoms with van der Waals surface area (Å²) in [5.74, 6) is 2.95. The van der Waals surface area contributed by atoms with E-state index < -0.39 is 60.4 Å². The Bertz CT molecular complexity index is 4750. The van der Waals surface area contributed by atoms with Crippen molar-refractivity contribution in [2.75, 3.05) is 64.6 Å². The van der Waals surface area contributed by atoms with Gasteiger partial charge in [-0.2, -0.15) is 4.98 Å². The van der Waals surface area contributed by atoms with Crippen LogP contribution in [0.15, 0.2) is 285 Å². The molecule has 1 saturated heterocycles. The first-order valence-corrected chi connectivity index (χ1v) is 37.7. The fourth-order valence-corrected chi connectivity index (χ4v) is 16.1. The predicted molar refractivity (Wildman–Crippen MR) is 416 cm³/mol. The standard InChI is InChI=1S/C86H86N7O12PS/c1-82(2,59-102-86(67-32-20-11-21-33-67,68-34-22-12-23-35-68)69-36-24-13-25-37-69)80(95)107-55-54-103-106(97,88-56-60-26-14-8-15-27-60)104-58-75-76(94)83(3,96)77(105-75)74-57-87-79-78(90-84(61-28-16-9-17-29-61,63-38-46-70(98-4)47-39-63)64-40-48-71(99-5)49-41-64)89-81(92-93(74)79)91-85(62-30-18-10-19-31-62,65-42-50-72(100-6)51-43-65)66-44-52-73(101-7)53-45-66/h8-53,57,75-77,94,96H,54-56,58-59H2,1-7H3,(H,88,97)(H2,89,90,91,92)/t75-,76-,77+,83-,106?/m1/s1. The fourth-order valence-electron chi connectivity index (χ4n) is 13.8. The van der Waals surface area contributed by atoms with Crippen LogP contribution in [0.25, 0.3) is 5.65 Å². The number of aliphatic hydroxyl groups is 2. The molecule has 2 aromatic heterocycles. The second-order valence-electron chi connectivity index (χ2n) is 26.9. The summed E-state index contributed by atoms with van der Waals surface area (Å²) in [5, 5.41) is 41.3. The largest absolute Gasteiger partial charge is 0.497 e. The number of benzene rings is 10. The Kier molecular flexibility index (Phi) is 22.9. The number of nitrogens with zero attached hydrogens (tertiary/aromatic N) is 4. The van der Waals surface area contributed by atoms with Crippen molar-refractivity contribution in [3.05, 3.63) is 347 Å². The molecule has 3 heterocycles. The van der Waals surface area contributed by atoms with E-state index in [1.165, 1.54) is 13.1 Å². The minimum Gasteiger partial charge on any atom is -0.497 e. The van der Waals surface area contributed by atoms with Crippen LogP contribution >= 0.6 is 19.5 Å². The Labute approximate surface area is 627 Å². The van der Waals surface area contributed by atoms with Gasteiger partial charge in [-0.05, 0) is 125 Å². The van der Waals surface area contributed by atoms with Gasteiger partial charge in [-0.25, -0.2) is 19.2 Å². The van der Waals surface area contributed by atoms with Crippen LogP contribution in [0.1, 0.15) is 88.2 Å². The number of fused-ring (bicyclic) bond motifs is 1. The molecule has 19 nitrogen and oxygen atoms in total. The number of anilines is 2. The average Bonchev–Trinajstić information content (AvgIpc) is 1.61. The van der Waals surface area contributed by atoms with Crippen LogP contribution in [0.2, 0.25) is 0 Å². The quantitative estimate of drug-likeness (QED) is 0.0150. The van der Waals surface area contributed by atoms with Crippen molar-refractivity contribution in [3.8, 4) is 23.0 Å². The first kappa shape index (κ1) is 74.8. The molecule has 0 radical (unpaired) electrons. The summed E-state index contributed by atoms with van der Waals surface area (Å²) in [7, 11) is 2.14. The Morgan fingerprint density at radius 2 is 0.944 bits per heavy atom. The van der Waals surface area contributed by atoms with Crippen LogP contribution in [-0.2, 0) is 51.1 Å². The first-order valence-electron chi connectivity index (χ1n) is 35.2. The summed E-state index contributed by atoms with van der Waals surface area (Å²) in [6.07, 6.45) is -2.84. The predicted octanol–water partition coefficient (Wildman–Crippen LogP) is 15.7. The molecule has 21 heteroatoms. The Morgan fingerprint density at radius 3 is 1.36 bits per heavy atom. The number of hydrogen-bond donors (Lipinski definition) is 5. The second-order valence-corrected chi connectivity index (χ2v) is 29.8. The molecule has 0 amide bonds. The van der Waals surface area contributed by atoms with Gasteiger partial charge in [-0.3, -0.25) is 13.8 Å². The number of aliphatic hydroxyl groups excluding tert-OH is 1. The van der Waals surface area contributed by atoms with E-state index >= 15 is 4.57 Å². The molecule has 1 fully saturated rings. The topological polar surface area (TPSA) is 228 Å². The molecule has 107 heavy (non-hydrogen) atoms. The normalized spacial score (nSPS) is 16.7. The maximum Gasteiger partial charge on any atom is 0.405 e. The zero-order valence-electron chi connectivity index (χ0n) is 60.5. The minimum atomic E-state index is -4.34. The molecule has 1 aliphatic heterocycles. The number of rotatable bonds is 32. The lowest BCUT2D eigenvalue weighted by Crippen LogP contribution is -2.43. The molecular formula is C86H86N7O12PS. The van der Waals surface area contributed by atoms with E-state index in [0.717, 1.165) is 67.4 Å². The Morgan fingerprint density at radius 1 is 0.551 bits per heavy atom. The summed E-state index contributed by atoms with van der Waals surface area (Å²) in [5.41, 5.74) is 2.00. The number of imidazole rings is 1. The number of methoxy groups -OCH3 is 4. The van der Waals surface area contributed by atoms with E-state index in [-0.39, 0.29) is 53.7 Å². The van der Waals surface area contributed by atoms with Gasteiger partial charge in [-0.15, -0.1) is 5.10 Å². The molecule has 5 atom stereocenters. The van der Waals surface area contributed by atoms with Crippen molar-refractivity contribution in [1.82, 2.24) is 24.7 Å². The van der Waals surface area contributed by atoms with Crippen molar-refractivity contribution < 1.29 is 57.0 Å². The van der Waals surface area contributed by atoms with Crippen LogP contribution in [0.3, 0.4) is 0 Å². The molecule has 13 rings (SSSR count). The van der Waals surface area contributed by atoms with Crippen molar-refractivity contribution in [3.63, 3.8) is 0 Å². The Balaban J connectivity index is 0.845. The number of nitrogens with one attached hydrogen (secondary N) is 3. The lowest BCUT2D eigenvalue weighted by atomic mass is 9.77. The van der Waals surface area contributed by atoms with Gasteiger partial charge in [0.1, 0.15) is 63.6 Å². The van der Waals surface area contributed by atoms with Crippen molar-refractivity contribution in [2.45, 2.75) is 67.9 Å². The van der Waals surface area contributed by atoms with Gasteiger partial charge in [0.2, 0.25) is 5.95 Å². The molecular weight excluding hydrogens is 1390 g/mol. The number of thioether (sulfide) groups is 1. The SMILES string of the molecule is COc1ccc(C(Nc2nc(NC(c3ccccc3)(c3ccc(OC)cc3)c3ccc(OC)cc3)c3ncc([C@@H]4O[C@H](COP(=O)(NCc5ccccc5)OCCSC(=O)C(C)(C)COC(c5ccccc5)(c5ccccc5)c5ccccc5)[C@@H](O)[C@@]4(C)O)n3n2)(c2ccccc2)c2ccc(OC)cc2)cc1. The van der Waals surface area contributed by atoms with Crippen LogP contribution in [-0.4, -0.2) is 107 Å². The highest BCUT2D eigenvalue weighted by atomic mass is 32.2. The molecule has 12 aromatic rings. The third-order valence-corrected chi connectivity index (χ3v) is 22.4. The number of carbonyl (C=O) groups is 1. The average molecular weight is 1470 g/mol. The molecule has 1 aliphatic rings. The molecule has 10 aromatic carbocycles. The van der Waals surface area contributed by atoms with Crippen molar-refractivity contribution in [2.24, 2.45) is 5.41 Å². The van der Waals surface area contributed by atoms with Gasteiger partial charge in [-0.1, -0.05) is 242 Å². The number of hydrogen-bond acceptors (Lipinski definition) is 18. The fraction of sp³-hybridized carbons (Fsp3) is 0.233. The molecule has 0 spiro atoms. The zero-order chi connectivity index (χ0) is 74.7. The van der Waals surface area contributed by atoms with E-state index in [0.29, 0.717) is 23.0 Å². The maximum absolute atomic E-state index is 15.3. The van der Waals surface area contributed by atoms with Crippen molar-refractivity contribution in [1.29, 1.82) is 0 Å². The summed E-state index contributed by atoms with van der Waals surface area (Å²) in [4.78, 5) is 25.0. The van der Waals surface area contributed by atoms with Gasteiger partial charge in [0.05, 0.1) is 65.6 Å². The second kappa shape index (κ2) is 32.7. The summed E-state index contributed by atoms with van der Waals surface area (Å²) < 4.78 is 66.1. The van der Waals surface area contributed by atoms with E-state index in [9.17, 15) is 15.0 Å². The van der Waals surface area contributed by atoms with Gasteiger partial charge < -0.3 is 49.3 Å². The molecule has 5 N–H and O–H groups in total. The van der Waals surface area contributed by atoms with Gasteiger partial charge in [0.25, 0.3) is 0 Å². The molecule has 0 saturated carbocycles. The smallest absolute Gasteiger partial charge is 0.405 e. The number of aromatic nitrogens is 4. The van der Waals surface area contributed by atoms with Gasteiger partial charge >= 0.3 is 7.75 Å². The highest BCUT2D eigenvalue weighted by molar-refractivity contribution is 8.13. The Hall–Kier alpha value is -10.5. The maximum atomic E-state index is 15.3. The summed E-state index contributed by atoms with van der Waals surface area (Å²) >= 11 is 1.03. The molecule has 0 aliphatic carbocycles. The van der Waals surface area contributed by atoms with E-state index in [1.54, 1.807) is 33.0 Å². The number of carbonyl (C=O) groups excluding carboxylic acids is 1. The van der Waals surface area contributed by atoms with E-state index in [2.05, 4.69) is 15.7 Å². The molecule has 548 valence electrons. The van der Waals surface area contributed by atoms with Crippen molar-refractivity contribution >= 4 is 42.0 Å². The lowest BCUT2D eigenvalue weighted by Gasteiger charge is -2.38. The zero-order valence-corrected chi connectivity index (χ0v) is 62.2. The minimum absolute atomic E-state index is 0.0412. The number of ether oxygens (including phenoxy) is 6. The van der Waals surface area contributed by atoms with E-state index in [4.69, 9.17) is 52.5 Å². The third kappa shape index (κ3) is 15.6. The van der Waals surface area contributed by atoms with Crippen LogP contribution in [0, 0.1) is 5.41 Å². The third-order valence-electron chi connectivity index (χ3n) is 19.6. The van der Waals surface area contributed by atoms with Crippen LogP contribution in [0.4, 0.5) is 11.8 Å². The van der Waals surface area contributed by atoms with Crippen LogP contribution < -0.4 is 34.7 Å². The highest BCUT2D eigenvalue weighted by Gasteiger charge is 2.55. The molecule has 1 unspecified atom stereocenters. The van der Waals surface area contributed by atoms with Gasteiger partial charge in [0.15, 0.2) is 16.6 Å². The summed E-state index contributed by atoms with van der Waals surface area (Å²) in [6.45, 7) is 4.53. The molecule has 0 bridgehead atoms. The van der Waals surface area contributed by atoms with E-state index in [1.807, 2.05) is 293 Å². The highest BCUT2D eigenvalue weighted by Crippen LogP contribution is 2.50. The first-order chi connectivity index (χ1) is 52.0. The van der Waals surface area contributed by atoms with Crippen LogP contribution in [0.5, 0.6) is 23.0 Å². The summed E-state index contributed by atoms with van der Waals surface area (Å²) in [6, 6.07) is 90.3. The lowest BCUT2D eigenvalue weighted by molar-refractivity contribution is -0.124. The monoisotopic (exact) mass is 1470 g/mol.